The van der Waals surface area contributed by atoms with Crippen molar-refractivity contribution in [1.82, 2.24) is 16.0 Å². The molecule has 6 nitrogen and oxygen atoms in total. The van der Waals surface area contributed by atoms with Crippen molar-refractivity contribution in [3.8, 4) is 0 Å². The van der Waals surface area contributed by atoms with Crippen LogP contribution in [-0.4, -0.2) is 38.5 Å². The second kappa shape index (κ2) is 9.92. The predicted molar refractivity (Wildman–Crippen MR) is 91.6 cm³/mol. The number of carbonyl (C=O) groups excluding carboxylic acids is 1. The van der Waals surface area contributed by atoms with Crippen LogP contribution in [-0.2, 0) is 0 Å². The number of nitrogens with one attached hydrogen (secondary N) is 3. The van der Waals surface area contributed by atoms with Gasteiger partial charge in [-0.05, 0) is 30.9 Å². The Morgan fingerprint density at radius 3 is 2.65 bits per heavy atom. The van der Waals surface area contributed by atoms with Crippen molar-refractivity contribution in [2.45, 2.75) is 38.5 Å². The Labute approximate surface area is 138 Å². The fourth-order valence-electron chi connectivity index (χ4n) is 2.97. The first-order valence-corrected chi connectivity index (χ1v) is 8.56. The molecule has 1 amide bonds. The third-order valence-electron chi connectivity index (χ3n) is 4.23. The standard InChI is InChI=1S/C17H28N4O2/c1-18-17(20-10-4-8-14-6-2-3-7-14)21-12-11-19-16(22)15-9-5-13-23-15/h5,9,13-14H,2-4,6-8,10-12H2,1H3,(H,19,22)(H2,18,20,21). The van der Waals surface area contributed by atoms with Crippen LogP contribution in [0.3, 0.4) is 0 Å². The molecule has 1 heterocycles. The lowest BCUT2D eigenvalue weighted by atomic mass is 10.0. The molecule has 0 aromatic carbocycles. The molecule has 1 aromatic rings. The third kappa shape index (κ3) is 6.34. The summed E-state index contributed by atoms with van der Waals surface area (Å²) in [6.45, 7) is 2.08. The van der Waals surface area contributed by atoms with E-state index in [0.29, 0.717) is 18.8 Å². The molecule has 0 spiro atoms. The number of nitrogens with zero attached hydrogens (tertiary/aromatic N) is 1. The van der Waals surface area contributed by atoms with Crippen LogP contribution < -0.4 is 16.0 Å². The van der Waals surface area contributed by atoms with Gasteiger partial charge in [-0.1, -0.05) is 25.7 Å². The summed E-state index contributed by atoms with van der Waals surface area (Å²) in [5.74, 6) is 1.85. The zero-order valence-electron chi connectivity index (χ0n) is 13.9. The zero-order chi connectivity index (χ0) is 16.3. The lowest BCUT2D eigenvalue weighted by Gasteiger charge is -2.13. The largest absolute Gasteiger partial charge is 0.459 e. The van der Waals surface area contributed by atoms with Gasteiger partial charge in [-0.15, -0.1) is 0 Å². The second-order valence-corrected chi connectivity index (χ2v) is 5.95. The molecule has 1 aliphatic rings. The maximum Gasteiger partial charge on any atom is 0.287 e. The molecule has 1 aliphatic carbocycles. The van der Waals surface area contributed by atoms with Gasteiger partial charge in [-0.25, -0.2) is 0 Å². The van der Waals surface area contributed by atoms with E-state index in [0.717, 1.165) is 18.4 Å². The van der Waals surface area contributed by atoms with Gasteiger partial charge in [0.2, 0.25) is 0 Å². The molecule has 0 radical (unpaired) electrons. The summed E-state index contributed by atoms with van der Waals surface area (Å²) in [7, 11) is 1.76. The Morgan fingerprint density at radius 1 is 1.22 bits per heavy atom. The van der Waals surface area contributed by atoms with Crippen LogP contribution in [0, 0.1) is 5.92 Å². The number of hydrogen-bond acceptors (Lipinski definition) is 3. The van der Waals surface area contributed by atoms with E-state index in [1.54, 1.807) is 19.2 Å². The first kappa shape index (κ1) is 17.4. The number of carbonyl (C=O) groups is 1. The van der Waals surface area contributed by atoms with E-state index in [-0.39, 0.29) is 5.91 Å². The molecular weight excluding hydrogens is 292 g/mol. The number of aliphatic imine (C=N–C) groups is 1. The van der Waals surface area contributed by atoms with Gasteiger partial charge in [0.05, 0.1) is 6.26 Å². The van der Waals surface area contributed by atoms with Crippen molar-refractivity contribution in [2.24, 2.45) is 10.9 Å². The minimum absolute atomic E-state index is 0.198. The van der Waals surface area contributed by atoms with Gasteiger partial charge in [0.15, 0.2) is 11.7 Å². The van der Waals surface area contributed by atoms with Crippen molar-refractivity contribution in [3.05, 3.63) is 24.2 Å². The summed E-state index contributed by atoms with van der Waals surface area (Å²) in [6.07, 6.45) is 9.61. The van der Waals surface area contributed by atoms with Gasteiger partial charge in [0, 0.05) is 26.7 Å². The van der Waals surface area contributed by atoms with Crippen LogP contribution >= 0.6 is 0 Å². The van der Waals surface area contributed by atoms with E-state index in [1.165, 1.54) is 44.8 Å². The molecule has 128 valence electrons. The molecule has 1 aromatic heterocycles. The second-order valence-electron chi connectivity index (χ2n) is 5.95. The van der Waals surface area contributed by atoms with Crippen LogP contribution in [0.15, 0.2) is 27.8 Å². The van der Waals surface area contributed by atoms with Gasteiger partial charge in [0.25, 0.3) is 5.91 Å². The molecule has 0 bridgehead atoms. The van der Waals surface area contributed by atoms with Crippen LogP contribution in [0.25, 0.3) is 0 Å². The van der Waals surface area contributed by atoms with Crippen molar-refractivity contribution < 1.29 is 9.21 Å². The quantitative estimate of drug-likeness (QED) is 0.389. The van der Waals surface area contributed by atoms with Crippen molar-refractivity contribution in [3.63, 3.8) is 0 Å². The Balaban J connectivity index is 1.51. The average Bonchev–Trinajstić information content (AvgIpc) is 3.26. The number of amides is 1. The van der Waals surface area contributed by atoms with Crippen LogP contribution in [0.1, 0.15) is 49.1 Å². The normalized spacial score (nSPS) is 15.6. The van der Waals surface area contributed by atoms with E-state index in [1.807, 2.05) is 0 Å². The summed E-state index contributed by atoms with van der Waals surface area (Å²) in [6, 6.07) is 3.35. The number of rotatable bonds is 8. The topological polar surface area (TPSA) is 78.7 Å². The maximum atomic E-state index is 11.7. The highest BCUT2D eigenvalue weighted by Gasteiger charge is 2.14. The zero-order valence-corrected chi connectivity index (χ0v) is 13.9. The molecule has 1 saturated carbocycles. The minimum atomic E-state index is -0.198. The van der Waals surface area contributed by atoms with Gasteiger partial charge in [0.1, 0.15) is 0 Å². The summed E-state index contributed by atoms with van der Waals surface area (Å²) < 4.78 is 5.03. The Hall–Kier alpha value is -1.98. The maximum absolute atomic E-state index is 11.7. The van der Waals surface area contributed by atoms with Crippen molar-refractivity contribution in [2.75, 3.05) is 26.7 Å². The van der Waals surface area contributed by atoms with E-state index >= 15 is 0 Å². The highest BCUT2D eigenvalue weighted by atomic mass is 16.3. The first-order valence-electron chi connectivity index (χ1n) is 8.56. The van der Waals surface area contributed by atoms with Crippen LogP contribution in [0.2, 0.25) is 0 Å². The first-order chi connectivity index (χ1) is 11.3. The molecular formula is C17H28N4O2. The predicted octanol–water partition coefficient (Wildman–Crippen LogP) is 2.14. The lowest BCUT2D eigenvalue weighted by molar-refractivity contribution is 0.0926. The monoisotopic (exact) mass is 320 g/mol. The molecule has 0 unspecified atom stereocenters. The van der Waals surface area contributed by atoms with Crippen molar-refractivity contribution >= 4 is 11.9 Å². The Bertz CT molecular complexity index is 479. The highest BCUT2D eigenvalue weighted by Crippen LogP contribution is 2.28. The summed E-state index contributed by atoms with van der Waals surface area (Å²) in [5.41, 5.74) is 0. The number of furan rings is 1. The molecule has 0 atom stereocenters. The van der Waals surface area contributed by atoms with Gasteiger partial charge >= 0.3 is 0 Å². The lowest BCUT2D eigenvalue weighted by Crippen LogP contribution is -2.41. The van der Waals surface area contributed by atoms with E-state index in [4.69, 9.17) is 4.42 Å². The molecule has 3 N–H and O–H groups in total. The molecule has 2 rings (SSSR count). The van der Waals surface area contributed by atoms with Gasteiger partial charge in [-0.2, -0.15) is 0 Å². The van der Waals surface area contributed by atoms with E-state index in [2.05, 4.69) is 20.9 Å². The third-order valence-corrected chi connectivity index (χ3v) is 4.23. The number of guanidine groups is 1. The molecule has 6 heteroatoms. The van der Waals surface area contributed by atoms with Crippen LogP contribution in [0.4, 0.5) is 0 Å². The smallest absolute Gasteiger partial charge is 0.287 e. The summed E-state index contributed by atoms with van der Waals surface area (Å²) in [5, 5.41) is 9.30. The summed E-state index contributed by atoms with van der Waals surface area (Å²) in [4.78, 5) is 15.9. The number of hydrogen-bond donors (Lipinski definition) is 3. The van der Waals surface area contributed by atoms with E-state index < -0.39 is 0 Å². The van der Waals surface area contributed by atoms with Crippen molar-refractivity contribution in [1.29, 1.82) is 0 Å². The molecule has 0 aliphatic heterocycles. The van der Waals surface area contributed by atoms with Gasteiger partial charge < -0.3 is 20.4 Å². The van der Waals surface area contributed by atoms with Crippen LogP contribution in [0.5, 0.6) is 0 Å². The SMILES string of the molecule is CN=C(NCCCC1CCCC1)NCCNC(=O)c1ccco1. The average molecular weight is 320 g/mol. The Kier molecular flexibility index (Phi) is 7.49. The fourth-order valence-corrected chi connectivity index (χ4v) is 2.97. The minimum Gasteiger partial charge on any atom is -0.459 e. The molecule has 23 heavy (non-hydrogen) atoms. The van der Waals surface area contributed by atoms with E-state index in [9.17, 15) is 4.79 Å². The van der Waals surface area contributed by atoms with Gasteiger partial charge in [-0.3, -0.25) is 9.79 Å². The summed E-state index contributed by atoms with van der Waals surface area (Å²) >= 11 is 0. The highest BCUT2D eigenvalue weighted by molar-refractivity contribution is 5.91. The Morgan fingerprint density at radius 2 is 1.96 bits per heavy atom. The fraction of sp³-hybridized carbons (Fsp3) is 0.647. The molecule has 1 fully saturated rings. The molecule has 0 saturated heterocycles.